The first-order chi connectivity index (χ1) is 17.2. The average molecular weight is 552 g/mol. The van der Waals surface area contributed by atoms with Gasteiger partial charge in [-0.1, -0.05) is 54.7 Å². The molecule has 36 heavy (non-hydrogen) atoms. The molecule has 11 heteroatoms. The Bertz CT molecular complexity index is 1450. The topological polar surface area (TPSA) is 47.5 Å². The molecule has 0 unspecified atom stereocenters. The predicted molar refractivity (Wildman–Crippen MR) is 139 cm³/mol. The van der Waals surface area contributed by atoms with Gasteiger partial charge in [0.05, 0.1) is 34.4 Å². The van der Waals surface area contributed by atoms with Crippen LogP contribution in [0.1, 0.15) is 36.6 Å². The van der Waals surface area contributed by atoms with E-state index in [1.54, 1.807) is 29.9 Å². The van der Waals surface area contributed by atoms with Crippen LogP contribution in [0.25, 0.3) is 16.9 Å². The van der Waals surface area contributed by atoms with Gasteiger partial charge < -0.3 is 0 Å². The van der Waals surface area contributed by atoms with Crippen molar-refractivity contribution in [2.75, 3.05) is 6.54 Å². The van der Waals surface area contributed by atoms with Crippen molar-refractivity contribution in [3.05, 3.63) is 85.7 Å². The third-order valence-corrected chi connectivity index (χ3v) is 6.82. The van der Waals surface area contributed by atoms with E-state index >= 15 is 0 Å². The molecule has 2 aromatic carbocycles. The highest BCUT2D eigenvalue weighted by molar-refractivity contribution is 7.07. The molecule has 188 valence electrons. The average Bonchev–Trinajstić information content (AvgIpc) is 3.37. The predicted octanol–water partition coefficient (Wildman–Crippen LogP) is 7.62. The van der Waals surface area contributed by atoms with Gasteiger partial charge in [0, 0.05) is 22.5 Å². The molecule has 0 aliphatic carbocycles. The van der Waals surface area contributed by atoms with E-state index in [0.717, 1.165) is 36.2 Å². The molecule has 0 atom stereocenters. The molecular formula is C25H22Cl2F3N5S. The molecule has 0 radical (unpaired) electrons. The first-order valence-electron chi connectivity index (χ1n) is 11.1. The van der Waals surface area contributed by atoms with E-state index in [4.69, 9.17) is 23.2 Å². The van der Waals surface area contributed by atoms with Crippen molar-refractivity contribution < 1.29 is 13.2 Å². The van der Waals surface area contributed by atoms with Crippen LogP contribution in [0.2, 0.25) is 10.2 Å². The summed E-state index contributed by atoms with van der Waals surface area (Å²) in [5.74, 6) is 0. The van der Waals surface area contributed by atoms with E-state index in [1.165, 1.54) is 28.2 Å². The van der Waals surface area contributed by atoms with E-state index < -0.39 is 11.7 Å². The summed E-state index contributed by atoms with van der Waals surface area (Å²) in [6, 6.07) is 12.3. The number of aromatic nitrogens is 3. The van der Waals surface area contributed by atoms with Gasteiger partial charge in [0.15, 0.2) is 0 Å². The van der Waals surface area contributed by atoms with Crippen molar-refractivity contribution in [3.63, 3.8) is 0 Å². The molecule has 0 fully saturated rings. The minimum atomic E-state index is -4.47. The summed E-state index contributed by atoms with van der Waals surface area (Å²) in [4.78, 5) is 5.40. The van der Waals surface area contributed by atoms with Gasteiger partial charge in [-0.25, -0.2) is 9.36 Å². The number of hydrogen-bond acceptors (Lipinski definition) is 4. The highest BCUT2D eigenvalue weighted by Gasteiger charge is 2.30. The molecule has 0 aliphatic heterocycles. The smallest absolute Gasteiger partial charge is 0.257 e. The number of halogens is 5. The molecule has 4 aromatic rings. The van der Waals surface area contributed by atoms with Gasteiger partial charge in [0.25, 0.3) is 0 Å². The molecule has 0 amide bonds. The van der Waals surface area contributed by atoms with Crippen LogP contribution >= 0.6 is 34.5 Å². The number of aryl methyl sites for hydroxylation is 1. The maximum absolute atomic E-state index is 13.2. The Morgan fingerprint density at radius 1 is 1.11 bits per heavy atom. The number of nitrogens with zero attached hydrogens (tertiary/aromatic N) is 5. The minimum absolute atomic E-state index is 0.156. The van der Waals surface area contributed by atoms with E-state index in [-0.39, 0.29) is 10.8 Å². The summed E-state index contributed by atoms with van der Waals surface area (Å²) in [5, 5.41) is 11.8. The van der Waals surface area contributed by atoms with Crippen LogP contribution in [0.15, 0.2) is 64.0 Å². The monoisotopic (exact) mass is 551 g/mol. The largest absolute Gasteiger partial charge is 0.416 e. The van der Waals surface area contributed by atoms with Crippen LogP contribution < -0.4 is 4.80 Å². The lowest BCUT2D eigenvalue weighted by Gasteiger charge is -2.09. The van der Waals surface area contributed by atoms with E-state index in [9.17, 15) is 13.2 Å². The maximum Gasteiger partial charge on any atom is 0.416 e. The van der Waals surface area contributed by atoms with Crippen molar-refractivity contribution in [1.29, 1.82) is 0 Å². The SMILES string of the molecule is CCCCN=c1scc(-c2ccc(Cl)cc2)n1/N=C/c1c(C)nn(-c2cccc(C(F)(F)F)c2)c1Cl. The molecule has 2 heterocycles. The number of benzene rings is 2. The third kappa shape index (κ3) is 5.74. The first-order valence-corrected chi connectivity index (χ1v) is 12.8. The molecule has 0 aliphatic rings. The van der Waals surface area contributed by atoms with Crippen molar-refractivity contribution in [1.82, 2.24) is 14.5 Å². The fourth-order valence-electron chi connectivity index (χ4n) is 3.43. The highest BCUT2D eigenvalue weighted by Crippen LogP contribution is 2.31. The van der Waals surface area contributed by atoms with Gasteiger partial charge in [-0.2, -0.15) is 23.4 Å². The zero-order chi connectivity index (χ0) is 25.9. The Labute approximate surface area is 220 Å². The Kier molecular flexibility index (Phi) is 8.02. The first kappa shape index (κ1) is 26.2. The van der Waals surface area contributed by atoms with Crippen LogP contribution in [0.3, 0.4) is 0 Å². The van der Waals surface area contributed by atoms with Crippen molar-refractivity contribution >= 4 is 40.8 Å². The zero-order valence-electron chi connectivity index (χ0n) is 19.4. The molecule has 4 rings (SSSR count). The van der Waals surface area contributed by atoms with Crippen molar-refractivity contribution in [3.8, 4) is 16.9 Å². The van der Waals surface area contributed by atoms with Crippen molar-refractivity contribution in [2.45, 2.75) is 32.9 Å². The Hall–Kier alpha value is -2.88. The van der Waals surface area contributed by atoms with E-state index in [0.29, 0.717) is 27.6 Å². The van der Waals surface area contributed by atoms with E-state index in [1.807, 2.05) is 17.5 Å². The second-order valence-electron chi connectivity index (χ2n) is 7.95. The molecule has 0 N–H and O–H groups in total. The van der Waals surface area contributed by atoms with Crippen LogP contribution in [0.5, 0.6) is 0 Å². The third-order valence-electron chi connectivity index (χ3n) is 5.35. The summed E-state index contributed by atoms with van der Waals surface area (Å²) < 4.78 is 42.6. The highest BCUT2D eigenvalue weighted by atomic mass is 35.5. The summed E-state index contributed by atoms with van der Waals surface area (Å²) in [6.07, 6.45) is -0.946. The molecule has 0 saturated heterocycles. The summed E-state index contributed by atoms with van der Waals surface area (Å²) >= 11 is 14.1. The van der Waals surface area contributed by atoms with E-state index in [2.05, 4.69) is 22.1 Å². The van der Waals surface area contributed by atoms with Crippen LogP contribution in [0, 0.1) is 6.92 Å². The Balaban J connectivity index is 1.76. The second kappa shape index (κ2) is 11.0. The number of hydrogen-bond donors (Lipinski definition) is 0. The van der Waals surface area contributed by atoms with Crippen LogP contribution in [0.4, 0.5) is 13.2 Å². The van der Waals surface area contributed by atoms with Gasteiger partial charge in [-0.05, 0) is 43.7 Å². The fourth-order valence-corrected chi connectivity index (χ4v) is 4.74. The van der Waals surface area contributed by atoms with Gasteiger partial charge in [-0.15, -0.1) is 11.3 Å². The molecule has 5 nitrogen and oxygen atoms in total. The van der Waals surface area contributed by atoms with Gasteiger partial charge in [0.2, 0.25) is 4.80 Å². The second-order valence-corrected chi connectivity index (χ2v) is 9.58. The Morgan fingerprint density at radius 2 is 1.86 bits per heavy atom. The van der Waals surface area contributed by atoms with Gasteiger partial charge in [-0.3, -0.25) is 4.99 Å². The van der Waals surface area contributed by atoms with Crippen LogP contribution in [-0.2, 0) is 6.18 Å². The molecular weight excluding hydrogens is 530 g/mol. The van der Waals surface area contributed by atoms with Gasteiger partial charge >= 0.3 is 6.18 Å². The summed E-state index contributed by atoms with van der Waals surface area (Å²) in [7, 11) is 0. The van der Waals surface area contributed by atoms with Gasteiger partial charge in [0.1, 0.15) is 5.15 Å². The normalized spacial score (nSPS) is 12.7. The lowest BCUT2D eigenvalue weighted by atomic mass is 10.2. The molecule has 0 spiro atoms. The standard InChI is InChI=1S/C25H22Cl2F3N5S/c1-3-4-12-31-24-35(22(15-36-24)17-8-10-19(26)11-9-17)32-14-21-16(2)33-34(23(21)27)20-7-5-6-18(13-20)25(28,29)30/h5-11,13-15H,3-4,12H2,1-2H3/b31-24?,32-14+. The van der Waals surface area contributed by atoms with Crippen LogP contribution in [-0.4, -0.2) is 27.2 Å². The summed E-state index contributed by atoms with van der Waals surface area (Å²) in [6.45, 7) is 4.49. The number of unbranched alkanes of at least 4 members (excludes halogenated alkanes) is 1. The fraction of sp³-hybridized carbons (Fsp3) is 0.240. The lowest BCUT2D eigenvalue weighted by molar-refractivity contribution is -0.137. The summed E-state index contributed by atoms with van der Waals surface area (Å²) in [5.41, 5.74) is 2.18. The molecule has 2 aromatic heterocycles. The lowest BCUT2D eigenvalue weighted by Crippen LogP contribution is -2.13. The zero-order valence-corrected chi connectivity index (χ0v) is 21.8. The van der Waals surface area contributed by atoms with Crippen molar-refractivity contribution in [2.24, 2.45) is 10.1 Å². The maximum atomic E-state index is 13.2. The Morgan fingerprint density at radius 3 is 2.56 bits per heavy atom. The number of alkyl halides is 3. The quantitative estimate of drug-likeness (QED) is 0.172. The minimum Gasteiger partial charge on any atom is -0.257 e. The molecule has 0 bridgehead atoms. The number of thiazole rings is 1. The number of rotatable bonds is 7. The molecule has 0 saturated carbocycles.